The number of aliphatic carboxylic acids is 1. The average Bonchev–Trinajstić information content (AvgIpc) is 2.63. The van der Waals surface area contributed by atoms with Crippen LogP contribution < -0.4 is 0 Å². The van der Waals surface area contributed by atoms with E-state index in [-0.39, 0.29) is 17.1 Å². The van der Waals surface area contributed by atoms with E-state index in [1.165, 1.54) is 0 Å². The van der Waals surface area contributed by atoms with Gasteiger partial charge < -0.3 is 10.8 Å². The molecular weight excluding hydrogens is 362 g/mol. The Kier molecular flexibility index (Phi) is 8.09. The Bertz CT molecular complexity index is 661. The van der Waals surface area contributed by atoms with Crippen molar-refractivity contribution in [1.82, 2.24) is 0 Å². The van der Waals surface area contributed by atoms with Crippen LogP contribution in [0.2, 0.25) is 0 Å². The minimum Gasteiger partial charge on any atom is -0.662 e. The fourth-order valence-electron chi connectivity index (χ4n) is 2.48. The zero-order chi connectivity index (χ0) is 17.4. The average molecular weight is 381 g/mol. The van der Waals surface area contributed by atoms with Gasteiger partial charge >= 0.3 is 17.1 Å². The fourth-order valence-corrected chi connectivity index (χ4v) is 2.48. The molecule has 3 rings (SSSR count). The normalized spacial score (nSPS) is 10.0. The summed E-state index contributed by atoms with van der Waals surface area (Å²) in [6, 6.07) is 30.8. The van der Waals surface area contributed by atoms with Crippen molar-refractivity contribution in [2.24, 2.45) is 0 Å². The predicted molar refractivity (Wildman–Crippen MR) is 95.7 cm³/mol. The standard InChI is InChI=1S/C19H15N.C2H4O2.Cu/c20-19(16-10-4-1-5-11-16,17-12-6-2-7-13-17)18-14-8-3-9-15-18;1-2(3)4;/h1-14,20H;1H3,(H,3,4);/q-2;;+2. The molecule has 0 bridgehead atoms. The Morgan fingerprint density at radius 1 is 0.880 bits per heavy atom. The summed E-state index contributed by atoms with van der Waals surface area (Å²) in [5.41, 5.74) is 10.9. The summed E-state index contributed by atoms with van der Waals surface area (Å²) in [6.45, 7) is 1.08. The van der Waals surface area contributed by atoms with Gasteiger partial charge in [-0.3, -0.25) is 4.79 Å². The first-order valence-electron chi connectivity index (χ1n) is 7.58. The molecular formula is C21H19CuNO2. The van der Waals surface area contributed by atoms with Gasteiger partial charge in [0.05, 0.1) is 0 Å². The second-order valence-electron chi connectivity index (χ2n) is 5.28. The second-order valence-corrected chi connectivity index (χ2v) is 5.28. The van der Waals surface area contributed by atoms with Crippen LogP contribution in [0.3, 0.4) is 0 Å². The zero-order valence-corrected chi connectivity index (χ0v) is 14.7. The molecule has 0 aliphatic rings. The molecule has 3 nitrogen and oxygen atoms in total. The molecule has 0 unspecified atom stereocenters. The van der Waals surface area contributed by atoms with Crippen LogP contribution in [0, 0.1) is 6.07 Å². The van der Waals surface area contributed by atoms with Crippen LogP contribution >= 0.6 is 0 Å². The van der Waals surface area contributed by atoms with E-state index in [0.717, 1.165) is 23.6 Å². The van der Waals surface area contributed by atoms with E-state index < -0.39 is 11.5 Å². The Morgan fingerprint density at radius 2 is 1.28 bits per heavy atom. The van der Waals surface area contributed by atoms with Crippen molar-refractivity contribution in [3.63, 3.8) is 0 Å². The van der Waals surface area contributed by atoms with Crippen LogP contribution in [0.4, 0.5) is 0 Å². The first-order valence-corrected chi connectivity index (χ1v) is 7.58. The summed E-state index contributed by atoms with van der Waals surface area (Å²) in [6.07, 6.45) is 0. The predicted octanol–water partition coefficient (Wildman–Crippen LogP) is 4.92. The molecule has 0 spiro atoms. The van der Waals surface area contributed by atoms with Crippen LogP contribution in [-0.4, -0.2) is 11.1 Å². The molecule has 2 N–H and O–H groups in total. The maximum absolute atomic E-state index is 9.11. The number of nitrogens with one attached hydrogen (secondary N) is 1. The number of benzene rings is 3. The van der Waals surface area contributed by atoms with E-state index in [9.17, 15) is 0 Å². The second kappa shape index (κ2) is 9.80. The van der Waals surface area contributed by atoms with Gasteiger partial charge in [0.1, 0.15) is 0 Å². The van der Waals surface area contributed by atoms with Crippen molar-refractivity contribution in [2.45, 2.75) is 12.5 Å². The van der Waals surface area contributed by atoms with Gasteiger partial charge in [-0.25, -0.2) is 0 Å². The summed E-state index contributed by atoms with van der Waals surface area (Å²) in [5, 5.41) is 7.42. The van der Waals surface area contributed by atoms with E-state index in [1.54, 1.807) is 0 Å². The van der Waals surface area contributed by atoms with Crippen molar-refractivity contribution >= 4 is 5.97 Å². The van der Waals surface area contributed by atoms with Crippen LogP contribution in [-0.2, 0) is 27.4 Å². The Hall–Kier alpha value is -2.39. The number of hydrogen-bond donors (Lipinski definition) is 1. The maximum Gasteiger partial charge on any atom is 2.00 e. The number of carboxylic acids is 1. The van der Waals surface area contributed by atoms with Crippen LogP contribution in [0.5, 0.6) is 0 Å². The van der Waals surface area contributed by atoms with E-state index >= 15 is 0 Å². The van der Waals surface area contributed by atoms with Crippen molar-refractivity contribution in [2.75, 3.05) is 0 Å². The van der Waals surface area contributed by atoms with Crippen molar-refractivity contribution in [1.29, 1.82) is 0 Å². The first-order chi connectivity index (χ1) is 11.5. The van der Waals surface area contributed by atoms with E-state index in [1.807, 2.05) is 84.9 Å². The van der Waals surface area contributed by atoms with Crippen molar-refractivity contribution < 1.29 is 27.0 Å². The number of rotatable bonds is 3. The summed E-state index contributed by atoms with van der Waals surface area (Å²) in [4.78, 5) is 9.00. The SMILES string of the molecule is CC(=O)O.[Cu+2].[NH-]C(c1[c-]cccc1)(c1ccccc1)c1ccccc1. The third-order valence-electron chi connectivity index (χ3n) is 3.53. The van der Waals surface area contributed by atoms with Gasteiger partial charge in [0.15, 0.2) is 0 Å². The molecule has 0 aliphatic heterocycles. The largest absolute Gasteiger partial charge is 2.00 e. The Morgan fingerprint density at radius 3 is 1.64 bits per heavy atom. The summed E-state index contributed by atoms with van der Waals surface area (Å²) < 4.78 is 0. The maximum atomic E-state index is 9.11. The number of hydrogen-bond acceptors (Lipinski definition) is 1. The molecule has 0 atom stereocenters. The molecule has 4 heteroatoms. The molecule has 0 saturated carbocycles. The van der Waals surface area contributed by atoms with Gasteiger partial charge in [-0.15, -0.1) is 0 Å². The Balaban J connectivity index is 0.000000568. The number of carboxylic acid groups (broad SMARTS) is 1. The van der Waals surface area contributed by atoms with E-state index in [2.05, 4.69) is 6.07 Å². The molecule has 0 aliphatic carbocycles. The molecule has 3 aromatic rings. The zero-order valence-electron chi connectivity index (χ0n) is 13.7. The molecule has 0 heterocycles. The first kappa shape index (κ1) is 20.7. The topological polar surface area (TPSA) is 61.1 Å². The molecule has 131 valence electrons. The molecule has 25 heavy (non-hydrogen) atoms. The van der Waals surface area contributed by atoms with Crippen LogP contribution in [0.25, 0.3) is 5.73 Å². The third-order valence-corrected chi connectivity index (χ3v) is 3.53. The summed E-state index contributed by atoms with van der Waals surface area (Å²) >= 11 is 0. The van der Waals surface area contributed by atoms with Gasteiger partial charge in [0, 0.05) is 6.92 Å². The van der Waals surface area contributed by atoms with E-state index in [4.69, 9.17) is 15.6 Å². The molecule has 1 radical (unpaired) electrons. The van der Waals surface area contributed by atoms with Crippen LogP contribution in [0.15, 0.2) is 84.9 Å². The van der Waals surface area contributed by atoms with Crippen molar-refractivity contribution in [3.05, 3.63) is 113 Å². The molecule has 0 aromatic heterocycles. The smallest absolute Gasteiger partial charge is 0.662 e. The van der Waals surface area contributed by atoms with Gasteiger partial charge in [-0.1, -0.05) is 77.3 Å². The summed E-state index contributed by atoms with van der Waals surface area (Å²) in [5.74, 6) is -0.833. The minimum atomic E-state index is -0.927. The van der Waals surface area contributed by atoms with E-state index in [0.29, 0.717) is 0 Å². The monoisotopic (exact) mass is 380 g/mol. The fraction of sp³-hybridized carbons (Fsp3) is 0.0952. The number of carbonyl (C=O) groups is 1. The molecule has 0 fully saturated rings. The quantitative estimate of drug-likeness (QED) is 0.398. The van der Waals surface area contributed by atoms with Gasteiger partial charge in [-0.2, -0.15) is 35.9 Å². The molecule has 0 amide bonds. The summed E-state index contributed by atoms with van der Waals surface area (Å²) in [7, 11) is 0. The van der Waals surface area contributed by atoms with Gasteiger partial charge in [0.25, 0.3) is 5.97 Å². The van der Waals surface area contributed by atoms with Crippen molar-refractivity contribution in [3.8, 4) is 0 Å². The molecule has 3 aromatic carbocycles. The van der Waals surface area contributed by atoms with Gasteiger partial charge in [-0.05, 0) is 0 Å². The Labute approximate surface area is 159 Å². The molecule has 0 saturated heterocycles. The van der Waals surface area contributed by atoms with Gasteiger partial charge in [0.2, 0.25) is 0 Å². The third kappa shape index (κ3) is 5.30. The minimum absolute atomic E-state index is 0. The van der Waals surface area contributed by atoms with Crippen LogP contribution in [0.1, 0.15) is 23.6 Å².